The van der Waals surface area contributed by atoms with E-state index >= 15 is 0 Å². The molecule has 0 atom stereocenters. The van der Waals surface area contributed by atoms with Gasteiger partial charge in [-0.1, -0.05) is 42.5 Å². The molecule has 0 aliphatic rings. The Hall–Kier alpha value is -4.00. The molecule has 0 fully saturated rings. The van der Waals surface area contributed by atoms with E-state index in [1.165, 1.54) is 18.5 Å². The lowest BCUT2D eigenvalue weighted by atomic mass is 9.97. The number of furan rings is 1. The number of carbonyl (C=O) groups excluding carboxylic acids is 1. The largest absolute Gasteiger partial charge is 0.504 e. The Morgan fingerprint density at radius 2 is 1.84 bits per heavy atom. The number of aromatic amines is 1. The summed E-state index contributed by atoms with van der Waals surface area (Å²) in [5.74, 6) is -0.589. The molecule has 0 saturated heterocycles. The predicted octanol–water partition coefficient (Wildman–Crippen LogP) is 4.69. The minimum absolute atomic E-state index is 0.0303. The first-order chi connectivity index (χ1) is 15.1. The fraction of sp³-hybridized carbons (Fsp3) is 0.125. The van der Waals surface area contributed by atoms with Crippen LogP contribution in [-0.4, -0.2) is 26.1 Å². The molecule has 0 amide bonds. The van der Waals surface area contributed by atoms with Gasteiger partial charge < -0.3 is 9.52 Å². The highest BCUT2D eigenvalue weighted by Crippen LogP contribution is 2.24. The summed E-state index contributed by atoms with van der Waals surface area (Å²) in [5, 5.41) is 16.5. The van der Waals surface area contributed by atoms with Crippen LogP contribution < -0.4 is 0 Å². The number of hydrogen-bond acceptors (Lipinski definition) is 5. The highest BCUT2D eigenvalue weighted by molar-refractivity contribution is 6.09. The highest BCUT2D eigenvalue weighted by Gasteiger charge is 2.21. The van der Waals surface area contributed by atoms with Gasteiger partial charge in [0.15, 0.2) is 11.5 Å². The average Bonchev–Trinajstić information content (AvgIpc) is 3.45. The van der Waals surface area contributed by atoms with E-state index in [4.69, 9.17) is 4.42 Å². The van der Waals surface area contributed by atoms with Crippen molar-refractivity contribution in [2.24, 2.45) is 0 Å². The minimum Gasteiger partial charge on any atom is -0.504 e. The SMILES string of the molecule is O=C(C=C(O)c1nc[nH]n1)c1c(CCc2ccccc2)coc1Cc1ccc(F)cc1. The number of halogens is 1. The standard InChI is InChI=1S/C24H20FN3O3/c25-19-10-7-17(8-11-19)12-22-23(20(29)13-21(30)24-26-15-27-28-24)18(14-31-22)9-6-16-4-2-1-3-5-16/h1-5,7-8,10-11,13-15,30H,6,9,12H2,(H,26,27,28). The van der Waals surface area contributed by atoms with Crippen molar-refractivity contribution in [1.82, 2.24) is 15.2 Å². The molecule has 7 heteroatoms. The number of rotatable bonds is 8. The topological polar surface area (TPSA) is 92.0 Å². The lowest BCUT2D eigenvalue weighted by molar-refractivity contribution is 0.104. The maximum atomic E-state index is 13.2. The van der Waals surface area contributed by atoms with Gasteiger partial charge in [0.05, 0.1) is 11.8 Å². The second kappa shape index (κ2) is 9.21. The van der Waals surface area contributed by atoms with E-state index in [1.807, 2.05) is 30.3 Å². The van der Waals surface area contributed by atoms with Gasteiger partial charge in [-0.25, -0.2) is 9.37 Å². The zero-order chi connectivity index (χ0) is 21.6. The van der Waals surface area contributed by atoms with E-state index in [-0.39, 0.29) is 17.4 Å². The van der Waals surface area contributed by atoms with Crippen molar-refractivity contribution in [3.63, 3.8) is 0 Å². The fourth-order valence-corrected chi connectivity index (χ4v) is 3.35. The van der Waals surface area contributed by atoms with Gasteiger partial charge >= 0.3 is 0 Å². The Labute approximate surface area is 178 Å². The van der Waals surface area contributed by atoms with Crippen LogP contribution in [0.5, 0.6) is 0 Å². The predicted molar refractivity (Wildman–Crippen MR) is 113 cm³/mol. The number of nitrogens with zero attached hydrogens (tertiary/aromatic N) is 2. The summed E-state index contributed by atoms with van der Waals surface area (Å²) in [7, 11) is 0. The highest BCUT2D eigenvalue weighted by atomic mass is 19.1. The van der Waals surface area contributed by atoms with Gasteiger partial charge in [-0.05, 0) is 36.1 Å². The van der Waals surface area contributed by atoms with Gasteiger partial charge in [-0.3, -0.25) is 9.89 Å². The molecule has 0 spiro atoms. The number of aliphatic hydroxyl groups excluding tert-OH is 1. The van der Waals surface area contributed by atoms with Gasteiger partial charge in [0.1, 0.15) is 17.9 Å². The molecule has 156 valence electrons. The van der Waals surface area contributed by atoms with Crippen LogP contribution in [0.25, 0.3) is 5.76 Å². The normalized spacial score (nSPS) is 11.6. The second-order valence-corrected chi connectivity index (χ2v) is 7.06. The van der Waals surface area contributed by atoms with E-state index in [2.05, 4.69) is 15.2 Å². The number of carbonyl (C=O) groups is 1. The first-order valence-electron chi connectivity index (χ1n) is 9.79. The molecule has 0 aliphatic carbocycles. The zero-order valence-corrected chi connectivity index (χ0v) is 16.6. The molecule has 2 aromatic heterocycles. The van der Waals surface area contributed by atoms with E-state index in [1.54, 1.807) is 18.4 Å². The number of aromatic nitrogens is 3. The van der Waals surface area contributed by atoms with Gasteiger partial charge in [-0.15, -0.1) is 0 Å². The molecular formula is C24H20FN3O3. The number of benzene rings is 2. The third-order valence-electron chi connectivity index (χ3n) is 4.91. The fourth-order valence-electron chi connectivity index (χ4n) is 3.35. The van der Waals surface area contributed by atoms with Crippen molar-refractivity contribution >= 4 is 11.5 Å². The number of hydrogen-bond donors (Lipinski definition) is 2. The number of aryl methyl sites for hydroxylation is 2. The first-order valence-corrected chi connectivity index (χ1v) is 9.79. The second-order valence-electron chi connectivity index (χ2n) is 7.06. The van der Waals surface area contributed by atoms with Gasteiger partial charge in [0.25, 0.3) is 0 Å². The van der Waals surface area contributed by atoms with E-state index in [9.17, 15) is 14.3 Å². The maximum absolute atomic E-state index is 13.2. The maximum Gasteiger partial charge on any atom is 0.215 e. The Morgan fingerprint density at radius 1 is 1.06 bits per heavy atom. The molecule has 0 radical (unpaired) electrons. The lowest BCUT2D eigenvalue weighted by Crippen LogP contribution is -2.05. The van der Waals surface area contributed by atoms with Crippen LogP contribution >= 0.6 is 0 Å². The monoisotopic (exact) mass is 417 g/mol. The van der Waals surface area contributed by atoms with Crippen LogP contribution in [0.3, 0.4) is 0 Å². The van der Waals surface area contributed by atoms with Gasteiger partial charge in [-0.2, -0.15) is 5.10 Å². The van der Waals surface area contributed by atoms with Crippen LogP contribution in [0.4, 0.5) is 4.39 Å². The number of H-pyrrole nitrogens is 1. The molecule has 2 heterocycles. The van der Waals surface area contributed by atoms with E-state index in [0.717, 1.165) is 29.2 Å². The van der Waals surface area contributed by atoms with Crippen molar-refractivity contribution in [2.45, 2.75) is 19.3 Å². The molecule has 0 bridgehead atoms. The van der Waals surface area contributed by atoms with Crippen LogP contribution in [0.2, 0.25) is 0 Å². The Morgan fingerprint density at radius 3 is 2.55 bits per heavy atom. The minimum atomic E-state index is -0.406. The molecule has 4 rings (SSSR count). The summed E-state index contributed by atoms with van der Waals surface area (Å²) < 4.78 is 19.0. The molecule has 6 nitrogen and oxygen atoms in total. The van der Waals surface area contributed by atoms with Crippen molar-refractivity contribution in [1.29, 1.82) is 0 Å². The number of nitrogens with one attached hydrogen (secondary N) is 1. The number of ketones is 1. The Bertz CT molecular complexity index is 1180. The van der Waals surface area contributed by atoms with Gasteiger partial charge in [0.2, 0.25) is 5.82 Å². The van der Waals surface area contributed by atoms with Crippen molar-refractivity contribution in [3.05, 3.63) is 113 Å². The summed E-state index contributed by atoms with van der Waals surface area (Å²) in [4.78, 5) is 16.9. The first kappa shape index (κ1) is 20.3. The summed E-state index contributed by atoms with van der Waals surface area (Å²) in [5.41, 5.74) is 3.08. The van der Waals surface area contributed by atoms with Crippen LogP contribution in [0.1, 0.15) is 38.6 Å². The third kappa shape index (κ3) is 4.95. The molecule has 0 saturated carbocycles. The van der Waals surface area contributed by atoms with E-state index < -0.39 is 5.78 Å². The van der Waals surface area contributed by atoms with Crippen molar-refractivity contribution in [2.75, 3.05) is 0 Å². The number of allylic oxidation sites excluding steroid dienone is 1. The van der Waals surface area contributed by atoms with Crippen LogP contribution in [-0.2, 0) is 19.3 Å². The third-order valence-corrected chi connectivity index (χ3v) is 4.91. The number of aliphatic hydroxyl groups is 1. The molecule has 2 N–H and O–H groups in total. The Kier molecular flexibility index (Phi) is 6.03. The summed E-state index contributed by atoms with van der Waals surface area (Å²) in [6, 6.07) is 16.0. The summed E-state index contributed by atoms with van der Waals surface area (Å²) >= 11 is 0. The molecule has 0 aliphatic heterocycles. The van der Waals surface area contributed by atoms with Crippen LogP contribution in [0, 0.1) is 5.82 Å². The van der Waals surface area contributed by atoms with Crippen molar-refractivity contribution < 1.29 is 18.7 Å². The molecular weight excluding hydrogens is 397 g/mol. The quantitative estimate of drug-likeness (QED) is 0.246. The summed E-state index contributed by atoms with van der Waals surface area (Å²) in [6.07, 6.45) is 5.62. The molecule has 2 aromatic carbocycles. The smallest absolute Gasteiger partial charge is 0.215 e. The van der Waals surface area contributed by atoms with Crippen molar-refractivity contribution in [3.8, 4) is 0 Å². The molecule has 4 aromatic rings. The average molecular weight is 417 g/mol. The summed E-state index contributed by atoms with van der Waals surface area (Å²) in [6.45, 7) is 0. The van der Waals surface area contributed by atoms with E-state index in [0.29, 0.717) is 24.2 Å². The zero-order valence-electron chi connectivity index (χ0n) is 16.6. The van der Waals surface area contributed by atoms with Crippen LogP contribution in [0.15, 0.2) is 77.7 Å². The van der Waals surface area contributed by atoms with Gasteiger partial charge in [0, 0.05) is 18.1 Å². The Balaban J connectivity index is 1.64. The lowest BCUT2D eigenvalue weighted by Gasteiger charge is -2.05. The molecule has 31 heavy (non-hydrogen) atoms. The molecule has 0 unspecified atom stereocenters.